The monoisotopic (exact) mass is 352 g/mol. The third kappa shape index (κ3) is 4.78. The molecule has 0 radical (unpaired) electrons. The van der Waals surface area contributed by atoms with Gasteiger partial charge in [0.2, 0.25) is 0 Å². The number of aryl methyl sites for hydroxylation is 1. The van der Waals surface area contributed by atoms with Gasteiger partial charge in [-0.2, -0.15) is 0 Å². The van der Waals surface area contributed by atoms with Gasteiger partial charge in [-0.1, -0.05) is 18.2 Å². The highest BCUT2D eigenvalue weighted by atomic mass is 32.1. The predicted octanol–water partition coefficient (Wildman–Crippen LogP) is 5.74. The summed E-state index contributed by atoms with van der Waals surface area (Å²) < 4.78 is 18.9. The van der Waals surface area contributed by atoms with E-state index in [0.717, 1.165) is 28.4 Å². The van der Waals surface area contributed by atoms with Gasteiger partial charge in [-0.3, -0.25) is 0 Å². The highest BCUT2D eigenvalue weighted by Crippen LogP contribution is 2.23. The molecule has 0 aliphatic rings. The normalized spacial score (nSPS) is 10.2. The molecule has 0 fully saturated rings. The molecule has 0 bridgehead atoms. The fourth-order valence-corrected chi connectivity index (χ4v) is 2.51. The molecule has 0 amide bonds. The number of thiocarbonyl (C=S) groups is 1. The number of ether oxygens (including phenoxy) is 1. The summed E-state index contributed by atoms with van der Waals surface area (Å²) in [5, 5.41) is 6.59. The van der Waals surface area contributed by atoms with Crippen LogP contribution in [-0.4, -0.2) is 5.11 Å². The van der Waals surface area contributed by atoms with Crippen molar-refractivity contribution in [2.75, 3.05) is 10.6 Å². The van der Waals surface area contributed by atoms with Crippen LogP contribution in [0, 0.1) is 12.7 Å². The van der Waals surface area contributed by atoms with Crippen molar-refractivity contribution in [3.8, 4) is 11.5 Å². The van der Waals surface area contributed by atoms with E-state index in [1.165, 1.54) is 12.1 Å². The summed E-state index contributed by atoms with van der Waals surface area (Å²) in [5.41, 5.74) is 2.39. The fourth-order valence-electron chi connectivity index (χ4n) is 2.28. The van der Waals surface area contributed by atoms with Crippen molar-refractivity contribution in [2.24, 2.45) is 0 Å². The highest BCUT2D eigenvalue weighted by Gasteiger charge is 2.04. The van der Waals surface area contributed by atoms with E-state index in [4.69, 9.17) is 17.0 Å². The van der Waals surface area contributed by atoms with Gasteiger partial charge in [0.25, 0.3) is 0 Å². The van der Waals surface area contributed by atoms with E-state index < -0.39 is 0 Å². The number of hydrogen-bond donors (Lipinski definition) is 2. The quantitative estimate of drug-likeness (QED) is 0.587. The Morgan fingerprint density at radius 3 is 2.24 bits per heavy atom. The second-order valence-corrected chi connectivity index (χ2v) is 5.89. The van der Waals surface area contributed by atoms with E-state index in [1.54, 1.807) is 6.07 Å². The minimum Gasteiger partial charge on any atom is -0.457 e. The van der Waals surface area contributed by atoms with Gasteiger partial charge in [-0.05, 0) is 79.3 Å². The van der Waals surface area contributed by atoms with Crippen LogP contribution in [0.15, 0.2) is 72.8 Å². The topological polar surface area (TPSA) is 33.3 Å². The zero-order valence-electron chi connectivity index (χ0n) is 13.6. The van der Waals surface area contributed by atoms with Crippen molar-refractivity contribution in [3.63, 3.8) is 0 Å². The molecule has 2 N–H and O–H groups in total. The zero-order valence-corrected chi connectivity index (χ0v) is 14.4. The van der Waals surface area contributed by atoms with Gasteiger partial charge in [-0.25, -0.2) is 4.39 Å². The molecule has 0 heterocycles. The minimum absolute atomic E-state index is 0.268. The molecule has 3 aromatic rings. The molecule has 5 heteroatoms. The maximum absolute atomic E-state index is 13.1. The van der Waals surface area contributed by atoms with Gasteiger partial charge in [0, 0.05) is 11.4 Å². The lowest BCUT2D eigenvalue weighted by Gasteiger charge is -2.13. The maximum atomic E-state index is 13.1. The van der Waals surface area contributed by atoms with Gasteiger partial charge in [0.15, 0.2) is 5.11 Å². The molecule has 0 spiro atoms. The Kier molecular flexibility index (Phi) is 5.26. The molecule has 25 heavy (non-hydrogen) atoms. The Labute approximate surface area is 151 Å². The molecule has 0 aliphatic carbocycles. The van der Waals surface area contributed by atoms with E-state index in [2.05, 4.69) is 10.6 Å². The van der Waals surface area contributed by atoms with Crippen LogP contribution in [0.25, 0.3) is 0 Å². The molecule has 0 saturated carbocycles. The summed E-state index contributed by atoms with van der Waals surface area (Å²) >= 11 is 5.30. The first-order chi connectivity index (χ1) is 12.1. The zero-order chi connectivity index (χ0) is 17.6. The average Bonchev–Trinajstić information content (AvgIpc) is 2.60. The smallest absolute Gasteiger partial charge is 0.175 e. The van der Waals surface area contributed by atoms with Gasteiger partial charge in [0.05, 0.1) is 0 Å². The number of benzene rings is 3. The lowest BCUT2D eigenvalue weighted by molar-refractivity contribution is 0.483. The lowest BCUT2D eigenvalue weighted by atomic mass is 10.2. The van der Waals surface area contributed by atoms with E-state index in [9.17, 15) is 4.39 Å². The Morgan fingerprint density at radius 1 is 0.880 bits per heavy atom. The standard InChI is InChI=1S/C20H17FN2OS/c1-14-13-15(21)7-12-19(14)23-20(25)22-16-8-10-18(11-9-16)24-17-5-3-2-4-6-17/h2-13H,1H3,(H2,22,23,25). The van der Waals surface area contributed by atoms with Crippen LogP contribution in [0.1, 0.15) is 5.56 Å². The summed E-state index contributed by atoms with van der Waals surface area (Å²) in [6.07, 6.45) is 0. The van der Waals surface area contributed by atoms with Crippen LogP contribution >= 0.6 is 12.2 Å². The summed E-state index contributed by atoms with van der Waals surface area (Å²) in [4.78, 5) is 0. The molecule has 0 atom stereocenters. The lowest BCUT2D eigenvalue weighted by Crippen LogP contribution is -2.19. The average molecular weight is 352 g/mol. The second-order valence-electron chi connectivity index (χ2n) is 5.48. The number of hydrogen-bond acceptors (Lipinski definition) is 2. The molecule has 0 aromatic heterocycles. The highest BCUT2D eigenvalue weighted by molar-refractivity contribution is 7.80. The first-order valence-electron chi connectivity index (χ1n) is 7.77. The summed E-state index contributed by atoms with van der Waals surface area (Å²) in [6.45, 7) is 1.82. The van der Waals surface area contributed by atoms with E-state index >= 15 is 0 Å². The van der Waals surface area contributed by atoms with E-state index in [0.29, 0.717) is 5.11 Å². The van der Waals surface area contributed by atoms with Gasteiger partial charge in [0.1, 0.15) is 17.3 Å². The van der Waals surface area contributed by atoms with Crippen molar-refractivity contribution < 1.29 is 9.13 Å². The summed E-state index contributed by atoms with van der Waals surface area (Å²) in [5.74, 6) is 1.26. The van der Waals surface area contributed by atoms with E-state index in [-0.39, 0.29) is 5.82 Å². The molecular formula is C20H17FN2OS. The molecule has 0 unspecified atom stereocenters. The first kappa shape index (κ1) is 16.9. The Balaban J connectivity index is 1.60. The third-order valence-corrected chi connectivity index (χ3v) is 3.73. The summed E-state index contributed by atoms with van der Waals surface area (Å²) in [6, 6.07) is 21.6. The van der Waals surface area contributed by atoms with Crippen molar-refractivity contribution >= 4 is 28.7 Å². The molecule has 126 valence electrons. The van der Waals surface area contributed by atoms with Crippen molar-refractivity contribution in [3.05, 3.63) is 84.2 Å². The Bertz CT molecular complexity index is 867. The molecular weight excluding hydrogens is 335 g/mol. The van der Waals surface area contributed by atoms with Gasteiger partial charge >= 0.3 is 0 Å². The molecule has 0 saturated heterocycles. The van der Waals surface area contributed by atoms with Crippen LogP contribution in [0.5, 0.6) is 11.5 Å². The predicted molar refractivity (Wildman–Crippen MR) is 104 cm³/mol. The first-order valence-corrected chi connectivity index (χ1v) is 8.18. The molecule has 3 aromatic carbocycles. The second kappa shape index (κ2) is 7.77. The minimum atomic E-state index is -0.268. The van der Waals surface area contributed by atoms with Crippen LogP contribution < -0.4 is 15.4 Å². The SMILES string of the molecule is Cc1cc(F)ccc1NC(=S)Nc1ccc(Oc2ccccc2)cc1. The van der Waals surface area contributed by atoms with Gasteiger partial charge < -0.3 is 15.4 Å². The van der Waals surface area contributed by atoms with Crippen molar-refractivity contribution in [1.82, 2.24) is 0 Å². The summed E-state index contributed by atoms with van der Waals surface area (Å²) in [7, 11) is 0. The van der Waals surface area contributed by atoms with Crippen LogP contribution in [0.4, 0.5) is 15.8 Å². The van der Waals surface area contributed by atoms with Gasteiger partial charge in [-0.15, -0.1) is 0 Å². The number of para-hydroxylation sites is 1. The number of halogens is 1. The maximum Gasteiger partial charge on any atom is 0.175 e. The molecule has 0 aliphatic heterocycles. The fraction of sp³-hybridized carbons (Fsp3) is 0.0500. The van der Waals surface area contributed by atoms with Crippen LogP contribution in [-0.2, 0) is 0 Å². The van der Waals surface area contributed by atoms with Crippen LogP contribution in [0.3, 0.4) is 0 Å². The molecule has 3 nitrogen and oxygen atoms in total. The van der Waals surface area contributed by atoms with Crippen LogP contribution in [0.2, 0.25) is 0 Å². The number of nitrogens with one attached hydrogen (secondary N) is 2. The Morgan fingerprint density at radius 2 is 1.56 bits per heavy atom. The molecule has 3 rings (SSSR count). The van der Waals surface area contributed by atoms with Crippen molar-refractivity contribution in [2.45, 2.75) is 6.92 Å². The van der Waals surface area contributed by atoms with E-state index in [1.807, 2.05) is 61.5 Å². The largest absolute Gasteiger partial charge is 0.457 e. The van der Waals surface area contributed by atoms with Crippen molar-refractivity contribution in [1.29, 1.82) is 0 Å². The Hall–Kier alpha value is -2.92. The number of rotatable bonds is 4. The number of anilines is 2. The third-order valence-electron chi connectivity index (χ3n) is 3.53.